The number of carbonyl (C=O) groups excluding carboxylic acids is 1. The molecule has 1 aliphatic carbocycles. The largest absolute Gasteiger partial charge is 0.426 e. The third-order valence-corrected chi connectivity index (χ3v) is 5.73. The van der Waals surface area contributed by atoms with Gasteiger partial charge < -0.3 is 4.74 Å². The zero-order chi connectivity index (χ0) is 18.8. The van der Waals surface area contributed by atoms with E-state index in [2.05, 4.69) is 19.9 Å². The van der Waals surface area contributed by atoms with Gasteiger partial charge in [0.2, 0.25) is 0 Å². The molecule has 0 unspecified atom stereocenters. The van der Waals surface area contributed by atoms with E-state index in [0.29, 0.717) is 5.75 Å². The highest BCUT2D eigenvalue weighted by Gasteiger charge is 2.37. The van der Waals surface area contributed by atoms with Gasteiger partial charge in [0.15, 0.2) is 0 Å². The van der Waals surface area contributed by atoms with Crippen LogP contribution in [0, 0.1) is 22.7 Å². The molecule has 0 spiro atoms. The molecule has 0 saturated heterocycles. The summed E-state index contributed by atoms with van der Waals surface area (Å²) in [5.74, 6) is 0.434. The number of ether oxygens (including phenoxy) is 1. The number of carbonyl (C=O) groups is 1. The molecule has 26 heavy (non-hydrogen) atoms. The highest BCUT2D eigenvalue weighted by Crippen LogP contribution is 2.42. The van der Waals surface area contributed by atoms with Gasteiger partial charge in [-0.05, 0) is 62.6 Å². The van der Waals surface area contributed by atoms with E-state index in [1.165, 1.54) is 31.2 Å². The molecular formula is C23H33NO2. The van der Waals surface area contributed by atoms with Crippen molar-refractivity contribution in [2.45, 2.75) is 84.5 Å². The lowest BCUT2D eigenvalue weighted by molar-refractivity contribution is -0.140. The second-order valence-electron chi connectivity index (χ2n) is 7.79. The van der Waals surface area contributed by atoms with Crippen LogP contribution in [0.4, 0.5) is 0 Å². The van der Waals surface area contributed by atoms with Gasteiger partial charge in [0, 0.05) is 0 Å². The molecule has 0 aliphatic heterocycles. The third-order valence-electron chi connectivity index (χ3n) is 5.73. The Morgan fingerprint density at radius 3 is 2.35 bits per heavy atom. The van der Waals surface area contributed by atoms with Gasteiger partial charge in [0.25, 0.3) is 0 Å². The summed E-state index contributed by atoms with van der Waals surface area (Å²) in [5, 5.41) is 9.62. The molecule has 0 heterocycles. The van der Waals surface area contributed by atoms with E-state index in [4.69, 9.17) is 4.74 Å². The molecule has 3 nitrogen and oxygen atoms in total. The molecule has 2 rings (SSSR count). The van der Waals surface area contributed by atoms with Gasteiger partial charge in [0.1, 0.15) is 5.75 Å². The van der Waals surface area contributed by atoms with Crippen molar-refractivity contribution in [1.82, 2.24) is 0 Å². The lowest BCUT2D eigenvalue weighted by Gasteiger charge is -2.34. The summed E-state index contributed by atoms with van der Waals surface area (Å²) < 4.78 is 5.59. The fourth-order valence-electron chi connectivity index (χ4n) is 3.84. The molecule has 0 N–H and O–H groups in total. The predicted octanol–water partition coefficient (Wildman–Crippen LogP) is 6.22. The van der Waals surface area contributed by atoms with Crippen molar-refractivity contribution in [2.75, 3.05) is 0 Å². The molecule has 0 aromatic heterocycles. The second kappa shape index (κ2) is 10.4. The number of rotatable bonds is 9. The molecule has 3 heteroatoms. The first-order valence-corrected chi connectivity index (χ1v) is 10.3. The molecule has 0 atom stereocenters. The van der Waals surface area contributed by atoms with Crippen LogP contribution in [-0.4, -0.2) is 5.97 Å². The molecule has 1 aliphatic rings. The number of unbranched alkanes of at least 4 members (excludes halogenated alkanes) is 3. The van der Waals surface area contributed by atoms with Gasteiger partial charge in [-0.15, -0.1) is 0 Å². The van der Waals surface area contributed by atoms with Crippen LogP contribution in [-0.2, 0) is 11.2 Å². The Kier molecular flexibility index (Phi) is 8.16. The summed E-state index contributed by atoms with van der Waals surface area (Å²) in [6.07, 6.45) is 11.1. The Morgan fingerprint density at radius 1 is 1.12 bits per heavy atom. The number of esters is 1. The van der Waals surface area contributed by atoms with E-state index in [1.807, 2.05) is 24.3 Å². The van der Waals surface area contributed by atoms with Gasteiger partial charge in [-0.25, -0.2) is 0 Å². The van der Waals surface area contributed by atoms with Crippen molar-refractivity contribution in [2.24, 2.45) is 11.3 Å². The van der Waals surface area contributed by atoms with Crippen LogP contribution >= 0.6 is 0 Å². The average Bonchev–Trinajstić information content (AvgIpc) is 2.68. The quantitative estimate of drug-likeness (QED) is 0.300. The van der Waals surface area contributed by atoms with E-state index in [-0.39, 0.29) is 17.3 Å². The summed E-state index contributed by atoms with van der Waals surface area (Å²) >= 11 is 0. The molecule has 1 fully saturated rings. The molecule has 0 bridgehead atoms. The normalized spacial score (nSPS) is 22.6. The van der Waals surface area contributed by atoms with Crippen LogP contribution in [0.3, 0.4) is 0 Å². The van der Waals surface area contributed by atoms with E-state index < -0.39 is 0 Å². The first kappa shape index (κ1) is 20.5. The Balaban J connectivity index is 1.83. The lowest BCUT2D eigenvalue weighted by atomic mass is 9.69. The zero-order valence-electron chi connectivity index (χ0n) is 16.4. The van der Waals surface area contributed by atoms with Crippen molar-refractivity contribution in [3.63, 3.8) is 0 Å². The van der Waals surface area contributed by atoms with Crippen molar-refractivity contribution in [3.8, 4) is 11.8 Å². The summed E-state index contributed by atoms with van der Waals surface area (Å²) in [6, 6.07) is 10.5. The first-order chi connectivity index (χ1) is 12.6. The highest BCUT2D eigenvalue weighted by molar-refractivity contribution is 5.75. The number of aryl methyl sites for hydroxylation is 1. The van der Waals surface area contributed by atoms with Crippen LogP contribution in [0.5, 0.6) is 5.75 Å². The van der Waals surface area contributed by atoms with E-state index >= 15 is 0 Å². The number of benzene rings is 1. The molecule has 0 amide bonds. The molecule has 1 aromatic rings. The van der Waals surface area contributed by atoms with Crippen molar-refractivity contribution < 1.29 is 9.53 Å². The Morgan fingerprint density at radius 2 is 1.77 bits per heavy atom. The zero-order valence-corrected chi connectivity index (χ0v) is 16.4. The standard InChI is InChI=1S/C23H33NO2/c1-3-5-7-15-23(18-24)16-13-20(14-17-23)22(25)26-21-11-9-19(10-12-21)8-6-4-2/h9-12,20H,3-8,13-17H2,1-2H3/t20-,23-. The number of hydrogen-bond donors (Lipinski definition) is 0. The molecular weight excluding hydrogens is 322 g/mol. The maximum atomic E-state index is 12.5. The van der Waals surface area contributed by atoms with Gasteiger partial charge in [-0.3, -0.25) is 4.79 Å². The minimum Gasteiger partial charge on any atom is -0.426 e. The van der Waals surface area contributed by atoms with E-state index in [1.54, 1.807) is 0 Å². The fraction of sp³-hybridized carbons (Fsp3) is 0.652. The van der Waals surface area contributed by atoms with Gasteiger partial charge in [0.05, 0.1) is 17.4 Å². The van der Waals surface area contributed by atoms with Gasteiger partial charge >= 0.3 is 5.97 Å². The highest BCUT2D eigenvalue weighted by atomic mass is 16.5. The van der Waals surface area contributed by atoms with Crippen LogP contribution < -0.4 is 4.74 Å². The maximum absolute atomic E-state index is 12.5. The fourth-order valence-corrected chi connectivity index (χ4v) is 3.84. The monoisotopic (exact) mass is 355 g/mol. The molecule has 1 saturated carbocycles. The smallest absolute Gasteiger partial charge is 0.314 e. The Hall–Kier alpha value is -1.82. The molecule has 0 radical (unpaired) electrons. The maximum Gasteiger partial charge on any atom is 0.314 e. The number of nitriles is 1. The van der Waals surface area contributed by atoms with Crippen LogP contribution in [0.15, 0.2) is 24.3 Å². The Labute approximate surface area is 158 Å². The van der Waals surface area contributed by atoms with Crippen LogP contribution in [0.1, 0.15) is 83.6 Å². The number of hydrogen-bond acceptors (Lipinski definition) is 3. The Bertz CT molecular complexity index is 592. The van der Waals surface area contributed by atoms with Crippen molar-refractivity contribution in [1.29, 1.82) is 5.26 Å². The molecule has 142 valence electrons. The molecule has 1 aromatic carbocycles. The summed E-state index contributed by atoms with van der Waals surface area (Å²) in [4.78, 5) is 12.5. The SMILES string of the molecule is CCCCC[C@]1(C#N)CC[C@H](C(=O)Oc2ccc(CCCC)cc2)CC1. The van der Waals surface area contributed by atoms with E-state index in [9.17, 15) is 10.1 Å². The second-order valence-corrected chi connectivity index (χ2v) is 7.79. The minimum atomic E-state index is -0.215. The van der Waals surface area contributed by atoms with E-state index in [0.717, 1.165) is 44.9 Å². The van der Waals surface area contributed by atoms with Crippen LogP contribution in [0.25, 0.3) is 0 Å². The van der Waals surface area contributed by atoms with Crippen molar-refractivity contribution >= 4 is 5.97 Å². The lowest BCUT2D eigenvalue weighted by Crippen LogP contribution is -2.31. The third kappa shape index (κ3) is 5.87. The van der Waals surface area contributed by atoms with Crippen LogP contribution in [0.2, 0.25) is 0 Å². The summed E-state index contributed by atoms with van der Waals surface area (Å²) in [7, 11) is 0. The first-order valence-electron chi connectivity index (χ1n) is 10.3. The average molecular weight is 356 g/mol. The summed E-state index contributed by atoms with van der Waals surface area (Å²) in [5.41, 5.74) is 1.07. The number of nitrogens with zero attached hydrogens (tertiary/aromatic N) is 1. The topological polar surface area (TPSA) is 50.1 Å². The predicted molar refractivity (Wildman–Crippen MR) is 105 cm³/mol. The van der Waals surface area contributed by atoms with Gasteiger partial charge in [-0.2, -0.15) is 5.26 Å². The minimum absolute atomic E-state index is 0.0672. The van der Waals surface area contributed by atoms with Gasteiger partial charge in [-0.1, -0.05) is 51.7 Å². The summed E-state index contributed by atoms with van der Waals surface area (Å²) in [6.45, 7) is 4.37. The van der Waals surface area contributed by atoms with Crippen molar-refractivity contribution in [3.05, 3.63) is 29.8 Å².